The van der Waals surface area contributed by atoms with Gasteiger partial charge >= 0.3 is 11.9 Å². The second kappa shape index (κ2) is 12.7. The Balaban J connectivity index is 2.01. The zero-order valence-electron chi connectivity index (χ0n) is 20.4. The first-order chi connectivity index (χ1) is 16.9. The molecule has 3 amide bonds. The van der Waals surface area contributed by atoms with E-state index in [1.807, 2.05) is 24.3 Å². The highest BCUT2D eigenvalue weighted by atomic mass is 16.4. The maximum absolute atomic E-state index is 12.8. The summed E-state index contributed by atoms with van der Waals surface area (Å²) in [6.07, 6.45) is 1.66. The van der Waals surface area contributed by atoms with E-state index in [9.17, 15) is 29.1 Å². The minimum Gasteiger partial charge on any atom is -0.481 e. The number of nitrogens with two attached hydrogens (primary N) is 1. The molecule has 2 aromatic rings. The number of aromatic nitrogens is 1. The van der Waals surface area contributed by atoms with Crippen molar-refractivity contribution in [2.45, 2.75) is 64.2 Å². The number of fused-ring (bicyclic) bond motifs is 1. The van der Waals surface area contributed by atoms with Crippen molar-refractivity contribution in [1.29, 1.82) is 0 Å². The summed E-state index contributed by atoms with van der Waals surface area (Å²) in [5, 5.41) is 26.2. The third-order valence-electron chi connectivity index (χ3n) is 5.99. The maximum atomic E-state index is 12.8. The molecule has 0 radical (unpaired) electrons. The van der Waals surface area contributed by atoms with Gasteiger partial charge in [0.2, 0.25) is 17.7 Å². The van der Waals surface area contributed by atoms with Crippen molar-refractivity contribution < 1.29 is 34.2 Å². The molecular weight excluding hydrogens is 470 g/mol. The van der Waals surface area contributed by atoms with Gasteiger partial charge in [0.05, 0.1) is 12.5 Å². The highest BCUT2D eigenvalue weighted by molar-refractivity contribution is 5.95. The van der Waals surface area contributed by atoms with E-state index in [0.717, 1.165) is 16.5 Å². The van der Waals surface area contributed by atoms with Crippen LogP contribution in [0, 0.1) is 5.92 Å². The predicted octanol–water partition coefficient (Wildman–Crippen LogP) is 0.117. The number of para-hydroxylation sites is 1. The molecule has 5 unspecified atom stereocenters. The summed E-state index contributed by atoms with van der Waals surface area (Å²) in [6, 6.07) is 2.81. The number of carbonyl (C=O) groups is 5. The van der Waals surface area contributed by atoms with E-state index in [-0.39, 0.29) is 6.42 Å². The van der Waals surface area contributed by atoms with E-state index in [0.29, 0.717) is 6.42 Å². The third-order valence-corrected chi connectivity index (χ3v) is 5.99. The summed E-state index contributed by atoms with van der Waals surface area (Å²) in [4.78, 5) is 63.4. The van der Waals surface area contributed by atoms with Gasteiger partial charge in [-0.3, -0.25) is 19.2 Å². The molecule has 0 fully saturated rings. The molecule has 12 heteroatoms. The van der Waals surface area contributed by atoms with E-state index in [4.69, 9.17) is 10.8 Å². The Kier molecular flexibility index (Phi) is 9.97. The predicted molar refractivity (Wildman–Crippen MR) is 131 cm³/mol. The zero-order chi connectivity index (χ0) is 27.0. The van der Waals surface area contributed by atoms with Gasteiger partial charge < -0.3 is 36.9 Å². The van der Waals surface area contributed by atoms with Crippen molar-refractivity contribution in [3.8, 4) is 0 Å². The zero-order valence-corrected chi connectivity index (χ0v) is 20.4. The maximum Gasteiger partial charge on any atom is 0.326 e. The van der Waals surface area contributed by atoms with Gasteiger partial charge in [-0.2, -0.15) is 0 Å². The molecule has 0 saturated carbocycles. The molecule has 0 aliphatic carbocycles. The van der Waals surface area contributed by atoms with Gasteiger partial charge in [-0.05, 0) is 30.9 Å². The number of aliphatic carboxylic acids is 2. The number of carbonyl (C=O) groups excluding carboxylic acids is 3. The molecule has 0 aliphatic rings. The van der Waals surface area contributed by atoms with Crippen LogP contribution in [0.15, 0.2) is 30.5 Å². The first-order valence-corrected chi connectivity index (χ1v) is 11.6. The van der Waals surface area contributed by atoms with Gasteiger partial charge in [-0.25, -0.2) is 4.79 Å². The van der Waals surface area contributed by atoms with Gasteiger partial charge in [-0.1, -0.05) is 38.5 Å². The van der Waals surface area contributed by atoms with Crippen molar-refractivity contribution in [1.82, 2.24) is 20.9 Å². The normalized spacial score (nSPS) is 15.2. The number of aromatic amines is 1. The van der Waals surface area contributed by atoms with Crippen molar-refractivity contribution in [3.63, 3.8) is 0 Å². The van der Waals surface area contributed by atoms with E-state index < -0.39 is 66.2 Å². The average molecular weight is 504 g/mol. The minimum atomic E-state index is -1.65. The molecule has 12 nitrogen and oxygen atoms in total. The number of H-pyrrole nitrogens is 1. The van der Waals surface area contributed by atoms with E-state index in [1.54, 1.807) is 20.0 Å². The number of hydrogen-bond acceptors (Lipinski definition) is 6. The molecule has 1 heterocycles. The van der Waals surface area contributed by atoms with Crippen LogP contribution >= 0.6 is 0 Å². The second-order valence-corrected chi connectivity index (χ2v) is 8.77. The van der Waals surface area contributed by atoms with Crippen LogP contribution in [0.3, 0.4) is 0 Å². The summed E-state index contributed by atoms with van der Waals surface area (Å²) in [5.74, 6) is -5.37. The Bertz CT molecular complexity index is 1120. The number of carboxylic acids is 2. The topological polar surface area (TPSA) is 204 Å². The van der Waals surface area contributed by atoms with Crippen molar-refractivity contribution in [2.24, 2.45) is 11.7 Å². The smallest absolute Gasteiger partial charge is 0.326 e. The van der Waals surface area contributed by atoms with Gasteiger partial charge in [0, 0.05) is 17.1 Å². The van der Waals surface area contributed by atoms with E-state index in [1.165, 1.54) is 6.92 Å². The number of benzene rings is 1. The molecule has 2 rings (SSSR count). The Labute approximate surface area is 208 Å². The average Bonchev–Trinajstić information content (AvgIpc) is 3.23. The highest BCUT2D eigenvalue weighted by Gasteiger charge is 2.32. The summed E-state index contributed by atoms with van der Waals surface area (Å²) >= 11 is 0. The summed E-state index contributed by atoms with van der Waals surface area (Å²) in [6.45, 7) is 4.89. The molecule has 0 saturated heterocycles. The molecule has 1 aromatic heterocycles. The second-order valence-electron chi connectivity index (χ2n) is 8.77. The van der Waals surface area contributed by atoms with Gasteiger partial charge in [0.1, 0.15) is 18.1 Å². The van der Waals surface area contributed by atoms with Crippen LogP contribution in [0.25, 0.3) is 10.9 Å². The molecule has 1 aromatic carbocycles. The lowest BCUT2D eigenvalue weighted by atomic mass is 9.97. The fourth-order valence-electron chi connectivity index (χ4n) is 3.63. The van der Waals surface area contributed by atoms with Crippen molar-refractivity contribution in [2.75, 3.05) is 0 Å². The Hall–Kier alpha value is -3.93. The molecule has 5 atom stereocenters. The van der Waals surface area contributed by atoms with Crippen LogP contribution in [0.4, 0.5) is 0 Å². The molecule has 0 bridgehead atoms. The van der Waals surface area contributed by atoms with Crippen LogP contribution in [0.5, 0.6) is 0 Å². The van der Waals surface area contributed by atoms with Crippen LogP contribution < -0.4 is 21.7 Å². The Morgan fingerprint density at radius 2 is 1.64 bits per heavy atom. The number of nitrogens with one attached hydrogen (secondary N) is 4. The van der Waals surface area contributed by atoms with Crippen LogP contribution in [-0.4, -0.2) is 69.0 Å². The number of hydrogen-bond donors (Lipinski definition) is 7. The number of rotatable bonds is 13. The van der Waals surface area contributed by atoms with Gasteiger partial charge in [0.25, 0.3) is 0 Å². The van der Waals surface area contributed by atoms with Crippen molar-refractivity contribution in [3.05, 3.63) is 36.0 Å². The van der Waals surface area contributed by atoms with E-state index in [2.05, 4.69) is 20.9 Å². The molecular formula is C24H33N5O7. The minimum absolute atomic E-state index is 0.238. The highest BCUT2D eigenvalue weighted by Crippen LogP contribution is 2.18. The summed E-state index contributed by atoms with van der Waals surface area (Å²) in [7, 11) is 0. The molecule has 196 valence electrons. The molecule has 36 heavy (non-hydrogen) atoms. The van der Waals surface area contributed by atoms with Gasteiger partial charge in [-0.15, -0.1) is 0 Å². The first kappa shape index (κ1) is 28.3. The molecule has 0 aliphatic heterocycles. The molecule has 8 N–H and O–H groups in total. The van der Waals surface area contributed by atoms with Crippen LogP contribution in [0.2, 0.25) is 0 Å². The third kappa shape index (κ3) is 7.54. The van der Waals surface area contributed by atoms with Crippen LogP contribution in [0.1, 0.15) is 39.2 Å². The van der Waals surface area contributed by atoms with Crippen LogP contribution in [-0.2, 0) is 30.4 Å². The number of amides is 3. The Morgan fingerprint density at radius 3 is 2.25 bits per heavy atom. The largest absolute Gasteiger partial charge is 0.481 e. The molecule has 0 spiro atoms. The summed E-state index contributed by atoms with van der Waals surface area (Å²) < 4.78 is 0. The fourth-order valence-corrected chi connectivity index (χ4v) is 3.63. The lowest BCUT2D eigenvalue weighted by Crippen LogP contribution is -2.58. The lowest BCUT2D eigenvalue weighted by molar-refractivity contribution is -0.147. The van der Waals surface area contributed by atoms with E-state index >= 15 is 0 Å². The SMILES string of the molecule is CCC(C)C(NC(=O)C(C)NC(=O)C(N)Cc1c[nH]c2ccccc12)C(=O)NC(CC(=O)O)C(=O)O. The van der Waals surface area contributed by atoms with Gasteiger partial charge in [0.15, 0.2) is 0 Å². The quantitative estimate of drug-likeness (QED) is 0.199. The standard InChI is InChI=1S/C24H33N5O7/c1-4-12(2)20(23(34)28-18(24(35)36)10-19(30)31)29-21(32)13(3)27-22(33)16(25)9-14-11-26-17-8-6-5-7-15(14)17/h5-8,11-13,16,18,20,26H,4,9-10,25H2,1-3H3,(H,27,33)(H,28,34)(H,29,32)(H,30,31)(H,35,36). The fraction of sp³-hybridized carbons (Fsp3) is 0.458. The number of carboxylic acid groups (broad SMARTS) is 2. The lowest BCUT2D eigenvalue weighted by Gasteiger charge is -2.27. The Morgan fingerprint density at radius 1 is 0.972 bits per heavy atom. The van der Waals surface area contributed by atoms with Crippen molar-refractivity contribution >= 4 is 40.6 Å². The monoisotopic (exact) mass is 503 g/mol. The summed E-state index contributed by atoms with van der Waals surface area (Å²) in [5.41, 5.74) is 7.83. The first-order valence-electron chi connectivity index (χ1n) is 11.6.